The van der Waals surface area contributed by atoms with Crippen molar-refractivity contribution in [3.8, 4) is 0 Å². The van der Waals surface area contributed by atoms with Gasteiger partial charge in [-0.15, -0.1) is 0 Å². The first kappa shape index (κ1) is 20.8. The highest BCUT2D eigenvalue weighted by atomic mass is 16.5. The SMILES string of the molecule is COC(=O)CCNC(=O)[C@H]1c2ccccc2C(=O)N(C[C@H]2CCCO2)C12CCCC2. The maximum Gasteiger partial charge on any atom is 0.307 e. The lowest BCUT2D eigenvalue weighted by atomic mass is 9.71. The van der Waals surface area contributed by atoms with E-state index in [1.165, 1.54) is 7.11 Å². The number of nitrogens with zero attached hydrogens (tertiary/aromatic N) is 1. The zero-order valence-corrected chi connectivity index (χ0v) is 17.5. The molecule has 7 nitrogen and oxygen atoms in total. The summed E-state index contributed by atoms with van der Waals surface area (Å²) in [6.07, 6.45) is 5.68. The van der Waals surface area contributed by atoms with Gasteiger partial charge >= 0.3 is 5.97 Å². The van der Waals surface area contributed by atoms with Crippen LogP contribution in [0.1, 0.15) is 66.8 Å². The third-order valence-electron chi connectivity index (χ3n) is 6.82. The van der Waals surface area contributed by atoms with Crippen LogP contribution >= 0.6 is 0 Å². The first-order chi connectivity index (χ1) is 14.6. The summed E-state index contributed by atoms with van der Waals surface area (Å²) in [6.45, 7) is 1.48. The molecule has 7 heteroatoms. The Bertz CT molecular complexity index is 812. The normalized spacial score (nSPS) is 24.7. The van der Waals surface area contributed by atoms with Crippen molar-refractivity contribution < 1.29 is 23.9 Å². The van der Waals surface area contributed by atoms with Crippen LogP contribution in [0.15, 0.2) is 24.3 Å². The maximum absolute atomic E-state index is 13.6. The van der Waals surface area contributed by atoms with Crippen molar-refractivity contribution in [2.24, 2.45) is 0 Å². The van der Waals surface area contributed by atoms with Gasteiger partial charge in [0.1, 0.15) is 0 Å². The topological polar surface area (TPSA) is 84.9 Å². The molecule has 1 N–H and O–H groups in total. The number of ether oxygens (including phenoxy) is 2. The van der Waals surface area contributed by atoms with Crippen LogP contribution in [0.2, 0.25) is 0 Å². The van der Waals surface area contributed by atoms with Gasteiger partial charge in [0, 0.05) is 25.3 Å². The number of nitrogens with one attached hydrogen (secondary N) is 1. The monoisotopic (exact) mass is 414 g/mol. The molecule has 3 aliphatic rings. The maximum atomic E-state index is 13.6. The molecule has 0 aromatic heterocycles. The Morgan fingerprint density at radius 1 is 1.23 bits per heavy atom. The number of carbonyl (C=O) groups is 3. The third kappa shape index (κ3) is 3.71. The first-order valence-corrected chi connectivity index (χ1v) is 10.9. The van der Waals surface area contributed by atoms with Gasteiger partial charge in [0.15, 0.2) is 0 Å². The minimum Gasteiger partial charge on any atom is -0.469 e. The molecule has 2 atom stereocenters. The summed E-state index contributed by atoms with van der Waals surface area (Å²) in [7, 11) is 1.34. The molecule has 30 heavy (non-hydrogen) atoms. The first-order valence-electron chi connectivity index (χ1n) is 10.9. The van der Waals surface area contributed by atoms with Crippen molar-refractivity contribution in [3.05, 3.63) is 35.4 Å². The minimum absolute atomic E-state index is 0.00149. The molecule has 1 aromatic rings. The van der Waals surface area contributed by atoms with Gasteiger partial charge < -0.3 is 19.7 Å². The quantitative estimate of drug-likeness (QED) is 0.723. The van der Waals surface area contributed by atoms with Crippen LogP contribution in [0.25, 0.3) is 0 Å². The van der Waals surface area contributed by atoms with Gasteiger partial charge in [-0.25, -0.2) is 0 Å². The summed E-state index contributed by atoms with van der Waals surface area (Å²) >= 11 is 0. The number of hydrogen-bond donors (Lipinski definition) is 1. The highest BCUT2D eigenvalue weighted by molar-refractivity contribution is 6.02. The van der Waals surface area contributed by atoms with E-state index in [1.807, 2.05) is 29.2 Å². The summed E-state index contributed by atoms with van der Waals surface area (Å²) in [5.74, 6) is -0.933. The van der Waals surface area contributed by atoms with Gasteiger partial charge in [0.25, 0.3) is 5.91 Å². The van der Waals surface area contributed by atoms with E-state index in [1.54, 1.807) is 0 Å². The Hall–Kier alpha value is -2.41. The average molecular weight is 415 g/mol. The van der Waals surface area contributed by atoms with E-state index in [-0.39, 0.29) is 36.9 Å². The van der Waals surface area contributed by atoms with Crippen LogP contribution in [0.5, 0.6) is 0 Å². The highest BCUT2D eigenvalue weighted by Crippen LogP contribution is 2.50. The number of fused-ring (bicyclic) bond motifs is 1. The Kier molecular flexibility index (Phi) is 6.09. The van der Waals surface area contributed by atoms with Crippen LogP contribution in [0.4, 0.5) is 0 Å². The van der Waals surface area contributed by atoms with Crippen LogP contribution in [0.3, 0.4) is 0 Å². The van der Waals surface area contributed by atoms with Gasteiger partial charge in [-0.05, 0) is 37.3 Å². The summed E-state index contributed by atoms with van der Waals surface area (Å²) in [5, 5.41) is 2.93. The lowest BCUT2D eigenvalue weighted by molar-refractivity contribution is -0.140. The second-order valence-electron chi connectivity index (χ2n) is 8.50. The zero-order chi connectivity index (χ0) is 21.1. The fraction of sp³-hybridized carbons (Fsp3) is 0.609. The van der Waals surface area contributed by atoms with Gasteiger partial charge in [0.2, 0.25) is 5.91 Å². The number of methoxy groups -OCH3 is 1. The minimum atomic E-state index is -0.535. The molecule has 0 radical (unpaired) electrons. The van der Waals surface area contributed by atoms with E-state index < -0.39 is 11.5 Å². The molecule has 1 spiro atoms. The van der Waals surface area contributed by atoms with Gasteiger partial charge in [-0.2, -0.15) is 0 Å². The Balaban J connectivity index is 1.67. The number of benzene rings is 1. The average Bonchev–Trinajstić information content (AvgIpc) is 3.44. The summed E-state index contributed by atoms with van der Waals surface area (Å²) in [4.78, 5) is 40.4. The van der Waals surface area contributed by atoms with Crippen molar-refractivity contribution >= 4 is 17.8 Å². The fourth-order valence-electron chi connectivity index (χ4n) is 5.42. The molecule has 1 aliphatic carbocycles. The van der Waals surface area contributed by atoms with Crippen LogP contribution < -0.4 is 5.32 Å². The molecular weight excluding hydrogens is 384 g/mol. The van der Waals surface area contributed by atoms with Gasteiger partial charge in [-0.1, -0.05) is 31.0 Å². The molecule has 162 valence electrons. The van der Waals surface area contributed by atoms with E-state index in [0.29, 0.717) is 12.1 Å². The third-order valence-corrected chi connectivity index (χ3v) is 6.82. The molecule has 2 amide bonds. The number of rotatable bonds is 6. The number of hydrogen-bond acceptors (Lipinski definition) is 5. The predicted octanol–water partition coefficient (Wildman–Crippen LogP) is 2.40. The molecule has 2 heterocycles. The lowest BCUT2D eigenvalue weighted by Gasteiger charge is -2.50. The summed E-state index contributed by atoms with van der Waals surface area (Å²) in [5.41, 5.74) is 0.858. The van der Waals surface area contributed by atoms with Crippen LogP contribution in [-0.2, 0) is 19.1 Å². The summed E-state index contributed by atoms with van der Waals surface area (Å²) < 4.78 is 10.5. The molecule has 2 aliphatic heterocycles. The fourth-order valence-corrected chi connectivity index (χ4v) is 5.42. The van der Waals surface area contributed by atoms with Gasteiger partial charge in [-0.3, -0.25) is 14.4 Å². The molecule has 2 fully saturated rings. The molecule has 1 aromatic carbocycles. The second kappa shape index (κ2) is 8.76. The Morgan fingerprint density at radius 2 is 2.00 bits per heavy atom. The van der Waals surface area contributed by atoms with E-state index >= 15 is 0 Å². The zero-order valence-electron chi connectivity index (χ0n) is 17.5. The van der Waals surface area contributed by atoms with Crippen molar-refractivity contribution in [2.45, 2.75) is 62.5 Å². The van der Waals surface area contributed by atoms with Crippen molar-refractivity contribution in [3.63, 3.8) is 0 Å². The van der Waals surface area contributed by atoms with Crippen molar-refractivity contribution in [2.75, 3.05) is 26.8 Å². The molecule has 0 unspecified atom stereocenters. The smallest absolute Gasteiger partial charge is 0.307 e. The Labute approximate surface area is 177 Å². The molecule has 1 saturated carbocycles. The van der Waals surface area contributed by atoms with Gasteiger partial charge in [0.05, 0.1) is 31.1 Å². The van der Waals surface area contributed by atoms with E-state index in [9.17, 15) is 14.4 Å². The largest absolute Gasteiger partial charge is 0.469 e. The summed E-state index contributed by atoms with van der Waals surface area (Å²) in [6, 6.07) is 7.46. The van der Waals surface area contributed by atoms with Crippen LogP contribution in [-0.4, -0.2) is 61.1 Å². The highest BCUT2D eigenvalue weighted by Gasteiger charge is 2.55. The van der Waals surface area contributed by atoms with E-state index in [2.05, 4.69) is 10.1 Å². The molecular formula is C23H30N2O5. The number of esters is 1. The van der Waals surface area contributed by atoms with Crippen molar-refractivity contribution in [1.29, 1.82) is 0 Å². The van der Waals surface area contributed by atoms with Crippen molar-refractivity contribution in [1.82, 2.24) is 10.2 Å². The van der Waals surface area contributed by atoms with E-state index in [4.69, 9.17) is 4.74 Å². The predicted molar refractivity (Wildman–Crippen MR) is 110 cm³/mol. The number of carbonyl (C=O) groups excluding carboxylic acids is 3. The Morgan fingerprint density at radius 3 is 2.70 bits per heavy atom. The molecule has 4 rings (SSSR count). The van der Waals surface area contributed by atoms with E-state index in [0.717, 1.165) is 50.7 Å². The lowest BCUT2D eigenvalue weighted by Crippen LogP contribution is -2.62. The molecule has 1 saturated heterocycles. The second-order valence-corrected chi connectivity index (χ2v) is 8.50. The number of amides is 2. The molecule has 0 bridgehead atoms. The standard InChI is InChI=1S/C23H30N2O5/c1-29-19(26)10-13-24-21(27)20-17-8-2-3-9-18(17)22(28)25(15-16-7-6-14-30-16)23(20)11-4-5-12-23/h2-3,8-9,16,20H,4-7,10-15H2,1H3,(H,24,27)/t16-,20-/m1/s1. The van der Waals surface area contributed by atoms with Crippen LogP contribution in [0, 0.1) is 0 Å².